The Hall–Kier alpha value is -0.920. The van der Waals surface area contributed by atoms with E-state index in [1.807, 2.05) is 0 Å². The Morgan fingerprint density at radius 3 is 2.39 bits per heavy atom. The fourth-order valence-corrected chi connectivity index (χ4v) is 3.13. The molecular weight excluding hydrogens is 320 g/mol. The monoisotopic (exact) mass is 332 g/mol. The summed E-state index contributed by atoms with van der Waals surface area (Å²) in [5, 5.41) is 0. The van der Waals surface area contributed by atoms with E-state index in [0.29, 0.717) is 13.0 Å². The minimum Gasteiger partial charge on any atom is -0.311 e. The average Bonchev–Trinajstić information content (AvgIpc) is 2.69. The van der Waals surface area contributed by atoms with Crippen LogP contribution < -0.4 is 9.62 Å². The van der Waals surface area contributed by atoms with E-state index in [-0.39, 0.29) is 15.6 Å². The summed E-state index contributed by atoms with van der Waals surface area (Å²) in [7, 11) is -2.06. The number of amides is 1. The predicted octanol–water partition coefficient (Wildman–Crippen LogP) is 1.09. The molecule has 0 aromatic heterocycles. The highest BCUT2D eigenvalue weighted by molar-refractivity contribution is 9.09. The van der Waals surface area contributed by atoms with Gasteiger partial charge in [-0.15, -0.1) is 0 Å². The van der Waals surface area contributed by atoms with Crippen LogP contribution in [0.1, 0.15) is 6.42 Å². The number of nitrogens with one attached hydrogen (secondary N) is 1. The van der Waals surface area contributed by atoms with Crippen molar-refractivity contribution in [3.8, 4) is 0 Å². The molecule has 1 unspecified atom stereocenters. The number of halogens is 1. The Balaban J connectivity index is 2.26. The van der Waals surface area contributed by atoms with Crippen LogP contribution in [0.5, 0.6) is 0 Å². The minimum atomic E-state index is -3.43. The molecule has 2 rings (SSSR count). The van der Waals surface area contributed by atoms with Gasteiger partial charge in [-0.2, -0.15) is 0 Å². The van der Waals surface area contributed by atoms with Crippen LogP contribution >= 0.6 is 15.9 Å². The van der Waals surface area contributed by atoms with Crippen molar-refractivity contribution in [2.24, 2.45) is 0 Å². The number of anilines is 1. The molecule has 5 nitrogen and oxygen atoms in total. The van der Waals surface area contributed by atoms with Gasteiger partial charge in [0.1, 0.15) is 0 Å². The molecule has 98 valence electrons. The second kappa shape index (κ2) is 4.99. The molecule has 1 amide bonds. The SMILES string of the molecule is CNS(=O)(=O)c1ccc(N2CC(Br)CC2=O)cc1. The summed E-state index contributed by atoms with van der Waals surface area (Å²) in [6.45, 7) is 0.608. The number of rotatable bonds is 3. The number of hydrogen-bond acceptors (Lipinski definition) is 3. The average molecular weight is 333 g/mol. The highest BCUT2D eigenvalue weighted by atomic mass is 79.9. The summed E-state index contributed by atoms with van der Waals surface area (Å²) in [6.07, 6.45) is 0.469. The maximum Gasteiger partial charge on any atom is 0.240 e. The van der Waals surface area contributed by atoms with E-state index in [2.05, 4.69) is 20.7 Å². The Labute approximate surface area is 114 Å². The summed E-state index contributed by atoms with van der Waals surface area (Å²) in [4.78, 5) is 13.7. The predicted molar refractivity (Wildman–Crippen MR) is 72.4 cm³/mol. The molecule has 0 saturated carbocycles. The molecule has 1 aliphatic rings. The summed E-state index contributed by atoms with van der Waals surface area (Å²) >= 11 is 3.41. The first kappa shape index (κ1) is 13.5. The number of nitrogens with zero attached hydrogens (tertiary/aromatic N) is 1. The van der Waals surface area contributed by atoms with Crippen LogP contribution in [0.3, 0.4) is 0 Å². The van der Waals surface area contributed by atoms with Crippen molar-refractivity contribution in [3.05, 3.63) is 24.3 Å². The Morgan fingerprint density at radius 2 is 1.94 bits per heavy atom. The number of hydrogen-bond donors (Lipinski definition) is 1. The molecular formula is C11H13BrN2O3S. The number of carbonyl (C=O) groups excluding carboxylic acids is 1. The molecule has 7 heteroatoms. The van der Waals surface area contributed by atoms with Gasteiger partial charge in [-0.3, -0.25) is 4.79 Å². The van der Waals surface area contributed by atoms with Crippen molar-refractivity contribution in [1.82, 2.24) is 4.72 Å². The van der Waals surface area contributed by atoms with Gasteiger partial charge in [-0.05, 0) is 31.3 Å². The van der Waals surface area contributed by atoms with E-state index in [9.17, 15) is 13.2 Å². The smallest absolute Gasteiger partial charge is 0.240 e. The van der Waals surface area contributed by atoms with Crippen molar-refractivity contribution in [1.29, 1.82) is 0 Å². The minimum absolute atomic E-state index is 0.0427. The van der Waals surface area contributed by atoms with Gasteiger partial charge in [-0.25, -0.2) is 13.1 Å². The number of sulfonamides is 1. The van der Waals surface area contributed by atoms with Gasteiger partial charge in [0, 0.05) is 23.5 Å². The molecule has 1 atom stereocenters. The maximum absolute atomic E-state index is 11.7. The Morgan fingerprint density at radius 1 is 1.33 bits per heavy atom. The molecule has 1 fully saturated rings. The molecule has 18 heavy (non-hydrogen) atoms. The third-order valence-corrected chi connectivity index (χ3v) is 4.85. The second-order valence-electron chi connectivity index (χ2n) is 4.01. The van der Waals surface area contributed by atoms with E-state index in [0.717, 1.165) is 5.69 Å². The van der Waals surface area contributed by atoms with Crippen LogP contribution in [0.25, 0.3) is 0 Å². The zero-order chi connectivity index (χ0) is 13.3. The fraction of sp³-hybridized carbons (Fsp3) is 0.364. The van der Waals surface area contributed by atoms with Gasteiger partial charge in [0.2, 0.25) is 15.9 Å². The van der Waals surface area contributed by atoms with Gasteiger partial charge in [0.15, 0.2) is 0 Å². The quantitative estimate of drug-likeness (QED) is 0.843. The lowest BCUT2D eigenvalue weighted by atomic mass is 10.3. The van der Waals surface area contributed by atoms with Gasteiger partial charge >= 0.3 is 0 Å². The Kier molecular flexibility index (Phi) is 3.74. The number of alkyl halides is 1. The fourth-order valence-electron chi connectivity index (χ4n) is 1.84. The van der Waals surface area contributed by atoms with Crippen LogP contribution in [0.15, 0.2) is 29.2 Å². The van der Waals surface area contributed by atoms with E-state index in [4.69, 9.17) is 0 Å². The zero-order valence-corrected chi connectivity index (χ0v) is 12.2. The van der Waals surface area contributed by atoms with E-state index < -0.39 is 10.0 Å². The van der Waals surface area contributed by atoms with Gasteiger partial charge in [0.25, 0.3) is 0 Å². The molecule has 0 aliphatic carbocycles. The van der Waals surface area contributed by atoms with Crippen molar-refractivity contribution >= 4 is 37.5 Å². The normalized spacial score (nSPS) is 20.4. The molecule has 1 saturated heterocycles. The first-order chi connectivity index (χ1) is 8.44. The zero-order valence-electron chi connectivity index (χ0n) is 9.76. The standard InChI is InChI=1S/C11H13BrN2O3S/c1-13-18(16,17)10-4-2-9(3-5-10)14-7-8(12)6-11(14)15/h2-5,8,13H,6-7H2,1H3. The lowest BCUT2D eigenvalue weighted by molar-refractivity contribution is -0.117. The van der Waals surface area contributed by atoms with Crippen molar-refractivity contribution < 1.29 is 13.2 Å². The summed E-state index contributed by atoms with van der Waals surface area (Å²) in [5.74, 6) is 0.0427. The van der Waals surface area contributed by atoms with E-state index in [1.54, 1.807) is 17.0 Å². The van der Waals surface area contributed by atoms with Crippen LogP contribution in [0.4, 0.5) is 5.69 Å². The van der Waals surface area contributed by atoms with E-state index >= 15 is 0 Å². The van der Waals surface area contributed by atoms with Gasteiger partial charge in [0.05, 0.1) is 4.90 Å². The maximum atomic E-state index is 11.7. The molecule has 1 aliphatic heterocycles. The molecule has 0 radical (unpaired) electrons. The third kappa shape index (κ3) is 2.57. The van der Waals surface area contributed by atoms with Crippen LogP contribution in [0, 0.1) is 0 Å². The lowest BCUT2D eigenvalue weighted by Crippen LogP contribution is -2.24. The highest BCUT2D eigenvalue weighted by Gasteiger charge is 2.28. The largest absolute Gasteiger partial charge is 0.311 e. The van der Waals surface area contributed by atoms with Crippen LogP contribution in [0.2, 0.25) is 0 Å². The number of benzene rings is 1. The van der Waals surface area contributed by atoms with Crippen molar-refractivity contribution in [2.75, 3.05) is 18.5 Å². The van der Waals surface area contributed by atoms with Crippen molar-refractivity contribution in [2.45, 2.75) is 16.1 Å². The molecule has 1 N–H and O–H groups in total. The molecule has 1 aromatic carbocycles. The van der Waals surface area contributed by atoms with Gasteiger partial charge in [-0.1, -0.05) is 15.9 Å². The van der Waals surface area contributed by atoms with Crippen molar-refractivity contribution in [3.63, 3.8) is 0 Å². The first-order valence-electron chi connectivity index (χ1n) is 5.42. The van der Waals surface area contributed by atoms with Crippen LogP contribution in [-0.4, -0.2) is 32.7 Å². The molecule has 1 aromatic rings. The lowest BCUT2D eigenvalue weighted by Gasteiger charge is -2.16. The van der Waals surface area contributed by atoms with Crippen LogP contribution in [-0.2, 0) is 14.8 Å². The third-order valence-electron chi connectivity index (χ3n) is 2.81. The molecule has 0 spiro atoms. The van der Waals surface area contributed by atoms with E-state index in [1.165, 1.54) is 19.2 Å². The van der Waals surface area contributed by atoms with Gasteiger partial charge < -0.3 is 4.90 Å². The first-order valence-corrected chi connectivity index (χ1v) is 7.82. The molecule has 1 heterocycles. The Bertz CT molecular complexity index is 556. The topological polar surface area (TPSA) is 66.5 Å². The summed E-state index contributed by atoms with van der Waals surface area (Å²) < 4.78 is 25.3. The summed E-state index contributed by atoms with van der Waals surface area (Å²) in [5.41, 5.74) is 0.719. The molecule has 0 bridgehead atoms. The summed E-state index contributed by atoms with van der Waals surface area (Å²) in [6, 6.07) is 6.28. The number of carbonyl (C=O) groups is 1. The second-order valence-corrected chi connectivity index (χ2v) is 7.19. The highest BCUT2D eigenvalue weighted by Crippen LogP contribution is 2.26.